The number of hydrogen-bond donors (Lipinski definition) is 2. The Morgan fingerprint density at radius 3 is 2.72 bits per heavy atom. The number of hydrogen-bond acceptors (Lipinski definition) is 4. The summed E-state index contributed by atoms with van der Waals surface area (Å²) in [5.74, 6) is -0.435. The summed E-state index contributed by atoms with van der Waals surface area (Å²) in [5, 5.41) is 2.74. The molecule has 0 unspecified atom stereocenters. The molecule has 1 aromatic rings. The van der Waals surface area contributed by atoms with Crippen LogP contribution in [0.2, 0.25) is 0 Å². The van der Waals surface area contributed by atoms with E-state index < -0.39 is 0 Å². The van der Waals surface area contributed by atoms with Crippen molar-refractivity contribution in [2.24, 2.45) is 0 Å². The average molecular weight is 250 g/mol. The van der Waals surface area contributed by atoms with E-state index in [-0.39, 0.29) is 11.9 Å². The summed E-state index contributed by atoms with van der Waals surface area (Å²) in [6.45, 7) is 2.29. The zero-order chi connectivity index (χ0) is 13.5. The first-order valence-corrected chi connectivity index (χ1v) is 5.75. The van der Waals surface area contributed by atoms with E-state index in [1.165, 1.54) is 7.11 Å². The van der Waals surface area contributed by atoms with Gasteiger partial charge in [-0.25, -0.2) is 0 Å². The molecule has 0 saturated heterocycles. The molecule has 0 fully saturated rings. The molecule has 0 aliphatic carbocycles. The predicted octanol–water partition coefficient (Wildman–Crippen LogP) is 1.26. The molecule has 18 heavy (non-hydrogen) atoms. The number of nitrogens with two attached hydrogens (primary N) is 1. The molecule has 1 aromatic carbocycles. The van der Waals surface area contributed by atoms with E-state index in [0.717, 1.165) is 5.56 Å². The van der Waals surface area contributed by atoms with Crippen molar-refractivity contribution in [2.75, 3.05) is 19.4 Å². The molecule has 0 aliphatic rings. The van der Waals surface area contributed by atoms with Crippen LogP contribution < -0.4 is 11.1 Å². The molecular formula is C13H18N2O3. The second-order valence-electron chi connectivity index (χ2n) is 4.01. The molecule has 1 amide bonds. The number of nitrogen functional groups attached to an aromatic ring is 1. The standard InChI is InChI=1S/C13H18N2O3/c1-9-8-10(5-6-11(9)14)13(17)15-7-3-4-12(16)18-2/h5-6,8H,3-4,7,14H2,1-2H3,(H,15,17). The molecule has 0 spiro atoms. The van der Waals surface area contributed by atoms with Gasteiger partial charge in [0, 0.05) is 24.2 Å². The molecule has 0 heterocycles. The topological polar surface area (TPSA) is 81.4 Å². The smallest absolute Gasteiger partial charge is 0.305 e. The van der Waals surface area contributed by atoms with Gasteiger partial charge in [-0.1, -0.05) is 0 Å². The number of esters is 1. The van der Waals surface area contributed by atoms with Gasteiger partial charge in [0.05, 0.1) is 7.11 Å². The van der Waals surface area contributed by atoms with Crippen LogP contribution >= 0.6 is 0 Å². The first kappa shape index (κ1) is 14.0. The first-order valence-electron chi connectivity index (χ1n) is 5.75. The number of carbonyl (C=O) groups is 2. The Bertz CT molecular complexity index is 444. The van der Waals surface area contributed by atoms with Crippen molar-refractivity contribution in [3.05, 3.63) is 29.3 Å². The second-order valence-corrected chi connectivity index (χ2v) is 4.01. The molecule has 3 N–H and O–H groups in total. The number of amides is 1. The number of rotatable bonds is 5. The first-order chi connectivity index (χ1) is 8.54. The van der Waals surface area contributed by atoms with Gasteiger partial charge in [-0.05, 0) is 37.1 Å². The minimum atomic E-state index is -0.271. The zero-order valence-electron chi connectivity index (χ0n) is 10.7. The minimum Gasteiger partial charge on any atom is -0.469 e. The van der Waals surface area contributed by atoms with Crippen molar-refractivity contribution in [3.63, 3.8) is 0 Å². The molecule has 5 heteroatoms. The van der Waals surface area contributed by atoms with Gasteiger partial charge in [0.15, 0.2) is 0 Å². The normalized spacial score (nSPS) is 9.89. The minimum absolute atomic E-state index is 0.164. The third-order valence-electron chi connectivity index (χ3n) is 2.60. The summed E-state index contributed by atoms with van der Waals surface area (Å²) in [7, 11) is 1.35. The van der Waals surface area contributed by atoms with Gasteiger partial charge in [-0.3, -0.25) is 9.59 Å². The van der Waals surface area contributed by atoms with Crippen molar-refractivity contribution >= 4 is 17.6 Å². The van der Waals surface area contributed by atoms with Crippen molar-refractivity contribution in [2.45, 2.75) is 19.8 Å². The number of carbonyl (C=O) groups excluding carboxylic acids is 2. The summed E-state index contributed by atoms with van der Waals surface area (Å²) in [6, 6.07) is 5.13. The number of methoxy groups -OCH3 is 1. The van der Waals surface area contributed by atoms with Crippen LogP contribution in [0.4, 0.5) is 5.69 Å². The fourth-order valence-corrected chi connectivity index (χ4v) is 1.46. The van der Waals surface area contributed by atoms with Gasteiger partial charge in [0.2, 0.25) is 0 Å². The van der Waals surface area contributed by atoms with Crippen LogP contribution in [0.1, 0.15) is 28.8 Å². The molecule has 0 bridgehead atoms. The zero-order valence-corrected chi connectivity index (χ0v) is 10.7. The van der Waals surface area contributed by atoms with E-state index in [4.69, 9.17) is 5.73 Å². The summed E-state index contributed by atoms with van der Waals surface area (Å²) in [6.07, 6.45) is 0.865. The quantitative estimate of drug-likeness (QED) is 0.468. The molecular weight excluding hydrogens is 232 g/mol. The highest BCUT2D eigenvalue weighted by Crippen LogP contribution is 2.12. The van der Waals surface area contributed by atoms with Crippen LogP contribution in [0.5, 0.6) is 0 Å². The maximum absolute atomic E-state index is 11.8. The Morgan fingerprint density at radius 1 is 1.39 bits per heavy atom. The molecule has 98 valence electrons. The van der Waals surface area contributed by atoms with Crippen LogP contribution in [0.15, 0.2) is 18.2 Å². The molecule has 1 rings (SSSR count). The highest BCUT2D eigenvalue weighted by Gasteiger charge is 2.06. The van der Waals surface area contributed by atoms with E-state index >= 15 is 0 Å². The summed E-state index contributed by atoms with van der Waals surface area (Å²) >= 11 is 0. The fraction of sp³-hybridized carbons (Fsp3) is 0.385. The van der Waals surface area contributed by atoms with Crippen LogP contribution in [-0.4, -0.2) is 25.5 Å². The summed E-state index contributed by atoms with van der Waals surface area (Å²) < 4.78 is 4.51. The Labute approximate surface area is 106 Å². The lowest BCUT2D eigenvalue weighted by Gasteiger charge is -2.06. The Morgan fingerprint density at radius 2 is 2.11 bits per heavy atom. The maximum Gasteiger partial charge on any atom is 0.305 e. The number of benzene rings is 1. The van der Waals surface area contributed by atoms with Gasteiger partial charge in [-0.2, -0.15) is 0 Å². The summed E-state index contributed by atoms with van der Waals surface area (Å²) in [5.41, 5.74) is 7.78. The van der Waals surface area contributed by atoms with Crippen LogP contribution in [0.25, 0.3) is 0 Å². The summed E-state index contributed by atoms with van der Waals surface area (Å²) in [4.78, 5) is 22.6. The van der Waals surface area contributed by atoms with Gasteiger partial charge in [0.25, 0.3) is 5.91 Å². The van der Waals surface area contributed by atoms with Crippen LogP contribution in [-0.2, 0) is 9.53 Å². The van der Waals surface area contributed by atoms with Crippen molar-refractivity contribution < 1.29 is 14.3 Å². The van der Waals surface area contributed by atoms with Crippen LogP contribution in [0, 0.1) is 6.92 Å². The van der Waals surface area contributed by atoms with E-state index in [0.29, 0.717) is 30.6 Å². The van der Waals surface area contributed by atoms with Gasteiger partial charge < -0.3 is 15.8 Å². The SMILES string of the molecule is COC(=O)CCCNC(=O)c1ccc(N)c(C)c1. The molecule has 0 radical (unpaired) electrons. The Hall–Kier alpha value is -2.04. The molecule has 0 saturated carbocycles. The van der Waals surface area contributed by atoms with Crippen LogP contribution in [0.3, 0.4) is 0 Å². The van der Waals surface area contributed by atoms with Crippen molar-refractivity contribution in [3.8, 4) is 0 Å². The highest BCUT2D eigenvalue weighted by atomic mass is 16.5. The number of anilines is 1. The Balaban J connectivity index is 2.41. The Kier molecular flexibility index (Phi) is 5.17. The number of ether oxygens (including phenoxy) is 1. The third-order valence-corrected chi connectivity index (χ3v) is 2.60. The number of nitrogens with one attached hydrogen (secondary N) is 1. The monoisotopic (exact) mass is 250 g/mol. The lowest BCUT2D eigenvalue weighted by atomic mass is 10.1. The van der Waals surface area contributed by atoms with E-state index in [2.05, 4.69) is 10.1 Å². The predicted molar refractivity (Wildman–Crippen MR) is 69.2 cm³/mol. The maximum atomic E-state index is 11.8. The molecule has 0 aliphatic heterocycles. The van der Waals surface area contributed by atoms with E-state index in [1.807, 2.05) is 6.92 Å². The lowest BCUT2D eigenvalue weighted by Crippen LogP contribution is -2.25. The van der Waals surface area contributed by atoms with E-state index in [1.54, 1.807) is 18.2 Å². The molecule has 0 aromatic heterocycles. The van der Waals surface area contributed by atoms with Gasteiger partial charge in [0.1, 0.15) is 0 Å². The fourth-order valence-electron chi connectivity index (χ4n) is 1.46. The largest absolute Gasteiger partial charge is 0.469 e. The van der Waals surface area contributed by atoms with Gasteiger partial charge >= 0.3 is 5.97 Å². The molecule has 5 nitrogen and oxygen atoms in total. The third kappa shape index (κ3) is 4.08. The van der Waals surface area contributed by atoms with Gasteiger partial charge in [-0.15, -0.1) is 0 Å². The second kappa shape index (κ2) is 6.64. The van der Waals surface area contributed by atoms with Crippen molar-refractivity contribution in [1.29, 1.82) is 0 Å². The van der Waals surface area contributed by atoms with E-state index in [9.17, 15) is 9.59 Å². The molecule has 0 atom stereocenters. The average Bonchev–Trinajstić information content (AvgIpc) is 2.37. The number of aryl methyl sites for hydroxylation is 1. The lowest BCUT2D eigenvalue weighted by molar-refractivity contribution is -0.140. The highest BCUT2D eigenvalue weighted by molar-refractivity contribution is 5.94. The van der Waals surface area contributed by atoms with Crippen molar-refractivity contribution in [1.82, 2.24) is 5.32 Å².